The van der Waals surface area contributed by atoms with Crippen molar-refractivity contribution in [3.63, 3.8) is 0 Å². The molecule has 1 fully saturated rings. The molecule has 47 heavy (non-hydrogen) atoms. The standard InChI is InChI=1S/C35H41F3N6O2S/c1-5-7-26-11-8-24(2)20-30(26)43-18-6-19-47-33(43)41-32(45)39-22-34(3,4)21-25-9-12-27(13-10-25)31-40-23-44(42-31)28-14-16-29(17-15-28)46-35(36,37)38/h8-17,20,23,32,39,45H,5-7,18-19,21-22H2,1-4H3. The molecule has 8 nitrogen and oxygen atoms in total. The topological polar surface area (TPSA) is 87.8 Å². The van der Waals surface area contributed by atoms with Crippen LogP contribution in [0.3, 0.4) is 0 Å². The molecule has 5 rings (SSSR count). The van der Waals surface area contributed by atoms with Gasteiger partial charge in [0.05, 0.1) is 5.69 Å². The maximum atomic E-state index is 12.5. The highest BCUT2D eigenvalue weighted by Crippen LogP contribution is 2.31. The van der Waals surface area contributed by atoms with E-state index in [2.05, 4.69) is 70.9 Å². The van der Waals surface area contributed by atoms with E-state index in [1.54, 1.807) is 11.8 Å². The molecule has 250 valence electrons. The maximum absolute atomic E-state index is 12.5. The van der Waals surface area contributed by atoms with Crippen LogP contribution in [0.4, 0.5) is 18.9 Å². The number of hydrogen-bond donors (Lipinski definition) is 2. The van der Waals surface area contributed by atoms with Crippen molar-refractivity contribution >= 4 is 22.6 Å². The summed E-state index contributed by atoms with van der Waals surface area (Å²) in [5, 5.41) is 19.5. The Labute approximate surface area is 278 Å². The highest BCUT2D eigenvalue weighted by Gasteiger charge is 2.31. The number of aryl methyl sites for hydroxylation is 2. The molecule has 0 radical (unpaired) electrons. The van der Waals surface area contributed by atoms with Crippen LogP contribution in [0.2, 0.25) is 0 Å². The Morgan fingerprint density at radius 1 is 1.06 bits per heavy atom. The number of amidine groups is 1. The number of aliphatic hydroxyl groups is 1. The molecule has 2 heterocycles. The fourth-order valence-electron chi connectivity index (χ4n) is 5.52. The third-order valence-corrected chi connectivity index (χ3v) is 8.83. The first-order valence-electron chi connectivity index (χ1n) is 15.8. The lowest BCUT2D eigenvalue weighted by Gasteiger charge is -2.32. The second-order valence-electron chi connectivity index (χ2n) is 12.5. The van der Waals surface area contributed by atoms with Gasteiger partial charge in [-0.25, -0.2) is 14.7 Å². The quantitative estimate of drug-likeness (QED) is 0.151. The van der Waals surface area contributed by atoms with E-state index < -0.39 is 12.7 Å². The van der Waals surface area contributed by atoms with Crippen molar-refractivity contribution in [2.75, 3.05) is 23.7 Å². The number of halogens is 3. The van der Waals surface area contributed by atoms with Gasteiger partial charge in [-0.05, 0) is 78.6 Å². The summed E-state index contributed by atoms with van der Waals surface area (Å²) in [6.45, 7) is 10.0. The van der Waals surface area contributed by atoms with Crippen molar-refractivity contribution in [2.45, 2.75) is 66.1 Å². The molecule has 1 aliphatic heterocycles. The normalized spacial score (nSPS) is 15.7. The molecule has 1 saturated heterocycles. The van der Waals surface area contributed by atoms with Crippen LogP contribution in [0, 0.1) is 12.3 Å². The van der Waals surface area contributed by atoms with Crippen molar-refractivity contribution in [3.05, 3.63) is 89.7 Å². The number of benzene rings is 3. The van der Waals surface area contributed by atoms with Gasteiger partial charge in [0, 0.05) is 30.1 Å². The molecule has 3 aromatic carbocycles. The third-order valence-electron chi connectivity index (χ3n) is 7.76. The molecule has 0 saturated carbocycles. The zero-order valence-electron chi connectivity index (χ0n) is 27.1. The van der Waals surface area contributed by atoms with Gasteiger partial charge in [-0.3, -0.25) is 5.32 Å². The van der Waals surface area contributed by atoms with Crippen LogP contribution in [0.1, 0.15) is 50.3 Å². The van der Waals surface area contributed by atoms with Gasteiger partial charge >= 0.3 is 6.36 Å². The number of nitrogens with one attached hydrogen (secondary N) is 1. The summed E-state index contributed by atoms with van der Waals surface area (Å²) < 4.78 is 42.8. The number of thioether (sulfide) groups is 1. The van der Waals surface area contributed by atoms with E-state index in [9.17, 15) is 18.3 Å². The third kappa shape index (κ3) is 9.59. The zero-order valence-corrected chi connectivity index (χ0v) is 27.9. The molecular weight excluding hydrogens is 625 g/mol. The molecule has 0 amide bonds. The molecule has 0 bridgehead atoms. The first-order valence-corrected chi connectivity index (χ1v) is 16.7. The van der Waals surface area contributed by atoms with Crippen LogP contribution in [-0.4, -0.2) is 56.6 Å². The number of hydrogen-bond acceptors (Lipinski definition) is 7. The molecule has 2 N–H and O–H groups in total. The van der Waals surface area contributed by atoms with E-state index in [4.69, 9.17) is 4.99 Å². The van der Waals surface area contributed by atoms with Crippen LogP contribution in [0.15, 0.2) is 78.0 Å². The van der Waals surface area contributed by atoms with E-state index in [0.29, 0.717) is 18.1 Å². The first kappa shape index (κ1) is 34.5. The van der Waals surface area contributed by atoms with Gasteiger partial charge in [0.1, 0.15) is 12.1 Å². The summed E-state index contributed by atoms with van der Waals surface area (Å²) in [4.78, 5) is 11.3. The highest BCUT2D eigenvalue weighted by molar-refractivity contribution is 8.14. The van der Waals surface area contributed by atoms with Crippen LogP contribution < -0.4 is 15.0 Å². The molecule has 0 spiro atoms. The van der Waals surface area contributed by atoms with Gasteiger partial charge in [-0.2, -0.15) is 0 Å². The number of alkyl halides is 3. The predicted molar refractivity (Wildman–Crippen MR) is 182 cm³/mol. The Balaban J connectivity index is 1.18. The number of aliphatic hydroxyl groups excluding tert-OH is 1. The minimum Gasteiger partial charge on any atom is -0.406 e. The van der Waals surface area contributed by atoms with Crippen LogP contribution in [-0.2, 0) is 12.8 Å². The lowest BCUT2D eigenvalue weighted by atomic mass is 9.85. The molecule has 1 atom stereocenters. The largest absolute Gasteiger partial charge is 0.573 e. The second-order valence-corrected chi connectivity index (χ2v) is 13.6. The number of aromatic nitrogens is 3. The average Bonchev–Trinajstić information content (AvgIpc) is 3.52. The van der Waals surface area contributed by atoms with E-state index in [-0.39, 0.29) is 11.2 Å². The van der Waals surface area contributed by atoms with Crippen LogP contribution in [0.25, 0.3) is 17.1 Å². The van der Waals surface area contributed by atoms with Gasteiger partial charge in [0.15, 0.2) is 11.0 Å². The molecule has 0 aliphatic carbocycles. The summed E-state index contributed by atoms with van der Waals surface area (Å²) in [6.07, 6.45) is -0.348. The Morgan fingerprint density at radius 3 is 2.51 bits per heavy atom. The Hall–Kier alpha value is -3.87. The van der Waals surface area contributed by atoms with Crippen molar-refractivity contribution in [1.82, 2.24) is 20.1 Å². The number of aliphatic imine (C=N–C) groups is 1. The van der Waals surface area contributed by atoms with Gasteiger partial charge in [0.25, 0.3) is 0 Å². The smallest absolute Gasteiger partial charge is 0.406 e. The summed E-state index contributed by atoms with van der Waals surface area (Å²) >= 11 is 1.69. The molecule has 1 aliphatic rings. The van der Waals surface area contributed by atoms with Gasteiger partial charge in [-0.1, -0.05) is 75.4 Å². The zero-order chi connectivity index (χ0) is 33.6. The Kier molecular flexibility index (Phi) is 10.9. The van der Waals surface area contributed by atoms with Gasteiger partial charge < -0.3 is 14.7 Å². The Morgan fingerprint density at radius 2 is 1.81 bits per heavy atom. The molecular formula is C35H41F3N6O2S. The predicted octanol–water partition coefficient (Wildman–Crippen LogP) is 7.53. The van der Waals surface area contributed by atoms with Crippen molar-refractivity contribution in [2.24, 2.45) is 10.4 Å². The highest BCUT2D eigenvalue weighted by atomic mass is 32.2. The number of anilines is 1. The summed E-state index contributed by atoms with van der Waals surface area (Å²) in [5.74, 6) is 1.17. The van der Waals surface area contributed by atoms with Crippen LogP contribution >= 0.6 is 11.8 Å². The first-order chi connectivity index (χ1) is 22.4. The lowest BCUT2D eigenvalue weighted by Crippen LogP contribution is -2.40. The van der Waals surface area contributed by atoms with E-state index in [0.717, 1.165) is 54.3 Å². The Bertz CT molecular complexity index is 1660. The second kappa shape index (κ2) is 14.9. The minimum absolute atomic E-state index is 0.172. The minimum atomic E-state index is -4.74. The summed E-state index contributed by atoms with van der Waals surface area (Å²) in [5.41, 5.74) is 6.03. The van der Waals surface area contributed by atoms with Gasteiger partial charge in [0.2, 0.25) is 6.35 Å². The van der Waals surface area contributed by atoms with Crippen LogP contribution in [0.5, 0.6) is 5.75 Å². The fourth-order valence-corrected chi connectivity index (χ4v) is 6.50. The maximum Gasteiger partial charge on any atom is 0.573 e. The molecule has 1 unspecified atom stereocenters. The summed E-state index contributed by atoms with van der Waals surface area (Å²) in [6, 6.07) is 20.0. The van der Waals surface area contributed by atoms with Gasteiger partial charge in [-0.15, -0.1) is 18.3 Å². The number of ether oxygens (including phenoxy) is 1. The SMILES string of the molecule is CCCc1ccc(C)cc1N1CCCSC1=NC(O)NCC(C)(C)Cc1ccc(-c2ncn(-c3ccc(OC(F)(F)F)cc3)n2)cc1. The number of nitrogens with zero attached hydrogens (tertiary/aromatic N) is 5. The molecule has 12 heteroatoms. The average molecular weight is 667 g/mol. The van der Waals surface area contributed by atoms with E-state index in [1.165, 1.54) is 52.1 Å². The number of rotatable bonds is 12. The van der Waals surface area contributed by atoms with Crippen molar-refractivity contribution in [1.29, 1.82) is 0 Å². The molecule has 4 aromatic rings. The van der Waals surface area contributed by atoms with Crippen molar-refractivity contribution in [3.8, 4) is 22.8 Å². The van der Waals surface area contributed by atoms with E-state index in [1.807, 2.05) is 24.3 Å². The van der Waals surface area contributed by atoms with Crippen molar-refractivity contribution < 1.29 is 23.0 Å². The van der Waals surface area contributed by atoms with E-state index >= 15 is 0 Å². The monoisotopic (exact) mass is 666 g/mol. The fraction of sp³-hybridized carbons (Fsp3) is 0.400. The lowest BCUT2D eigenvalue weighted by molar-refractivity contribution is -0.274. The summed E-state index contributed by atoms with van der Waals surface area (Å²) in [7, 11) is 0. The molecule has 1 aromatic heterocycles.